The van der Waals surface area contributed by atoms with Crippen molar-refractivity contribution in [3.8, 4) is 0 Å². The third kappa shape index (κ3) is 3.28. The number of benzene rings is 1. The summed E-state index contributed by atoms with van der Waals surface area (Å²) in [5.41, 5.74) is 0.946. The second-order valence-electron chi connectivity index (χ2n) is 5.71. The number of hydrogen-bond donors (Lipinski definition) is 1. The minimum absolute atomic E-state index is 0.0345. The molecule has 1 N–H and O–H groups in total. The summed E-state index contributed by atoms with van der Waals surface area (Å²) in [6, 6.07) is 10.2. The molecule has 0 bridgehead atoms. The van der Waals surface area contributed by atoms with Gasteiger partial charge in [-0.15, -0.1) is 10.2 Å². The SMILES string of the molecule is CNC(=O)c1ccc(N(C)C2CCN(c3ccccc3Cl)C2=O)nn1. The molecule has 0 saturated carbocycles. The minimum Gasteiger partial charge on any atom is -0.354 e. The van der Waals surface area contributed by atoms with Crippen LogP contribution in [0.1, 0.15) is 16.9 Å². The second kappa shape index (κ2) is 7.06. The van der Waals surface area contributed by atoms with E-state index in [0.717, 1.165) is 0 Å². The van der Waals surface area contributed by atoms with Crippen LogP contribution >= 0.6 is 11.6 Å². The molecule has 0 spiro atoms. The minimum atomic E-state index is -0.351. The van der Waals surface area contributed by atoms with Crippen LogP contribution in [0, 0.1) is 0 Å². The van der Waals surface area contributed by atoms with Crippen molar-refractivity contribution in [3.05, 3.63) is 47.1 Å². The van der Waals surface area contributed by atoms with Gasteiger partial charge in [-0.3, -0.25) is 9.59 Å². The third-order valence-corrected chi connectivity index (χ3v) is 4.58. The summed E-state index contributed by atoms with van der Waals surface area (Å²) in [5, 5.41) is 11.0. The molecule has 8 heteroatoms. The molecule has 25 heavy (non-hydrogen) atoms. The lowest BCUT2D eigenvalue weighted by Gasteiger charge is -2.24. The molecule has 2 amide bonds. The number of nitrogens with one attached hydrogen (secondary N) is 1. The van der Waals surface area contributed by atoms with Gasteiger partial charge in [0.2, 0.25) is 5.91 Å². The predicted octanol–water partition coefficient (Wildman–Crippen LogP) is 1.73. The lowest BCUT2D eigenvalue weighted by molar-refractivity contribution is -0.118. The Bertz CT molecular complexity index is 796. The molecule has 1 aromatic carbocycles. The first kappa shape index (κ1) is 17.2. The van der Waals surface area contributed by atoms with Crippen molar-refractivity contribution in [1.82, 2.24) is 15.5 Å². The number of anilines is 2. The molecule has 130 valence electrons. The summed E-state index contributed by atoms with van der Waals surface area (Å²) in [6.45, 7) is 0.585. The molecular formula is C17H18ClN5O2. The molecule has 1 saturated heterocycles. The van der Waals surface area contributed by atoms with Gasteiger partial charge in [-0.05, 0) is 30.7 Å². The average molecular weight is 360 g/mol. The molecule has 2 aromatic rings. The fourth-order valence-corrected chi connectivity index (χ4v) is 3.09. The molecule has 3 rings (SSSR count). The van der Waals surface area contributed by atoms with Gasteiger partial charge in [-0.25, -0.2) is 0 Å². The van der Waals surface area contributed by atoms with Crippen LogP contribution in [0.15, 0.2) is 36.4 Å². The van der Waals surface area contributed by atoms with E-state index in [1.165, 1.54) is 7.05 Å². The number of hydrogen-bond acceptors (Lipinski definition) is 5. The number of halogens is 1. The fraction of sp³-hybridized carbons (Fsp3) is 0.294. The molecule has 2 heterocycles. The van der Waals surface area contributed by atoms with Crippen LogP contribution in [-0.2, 0) is 4.79 Å². The maximum Gasteiger partial charge on any atom is 0.271 e. The molecule has 1 aliphatic rings. The molecular weight excluding hydrogens is 342 g/mol. The predicted molar refractivity (Wildman–Crippen MR) is 96.0 cm³/mol. The Labute approximate surface area is 150 Å². The first-order valence-corrected chi connectivity index (χ1v) is 8.25. The van der Waals surface area contributed by atoms with E-state index in [-0.39, 0.29) is 23.6 Å². The van der Waals surface area contributed by atoms with Gasteiger partial charge in [0.05, 0.1) is 10.7 Å². The van der Waals surface area contributed by atoms with Gasteiger partial charge in [0.15, 0.2) is 11.5 Å². The zero-order valence-electron chi connectivity index (χ0n) is 13.9. The number of para-hydroxylation sites is 1. The Balaban J connectivity index is 1.77. The first-order chi connectivity index (χ1) is 12.0. The summed E-state index contributed by atoms with van der Waals surface area (Å²) < 4.78 is 0. The van der Waals surface area contributed by atoms with Crippen LogP contribution in [0.3, 0.4) is 0 Å². The van der Waals surface area contributed by atoms with Crippen molar-refractivity contribution in [3.63, 3.8) is 0 Å². The molecule has 1 fully saturated rings. The Hall–Kier alpha value is -2.67. The van der Waals surface area contributed by atoms with Gasteiger partial charge < -0.3 is 15.1 Å². The van der Waals surface area contributed by atoms with Crippen LogP contribution in [0.5, 0.6) is 0 Å². The summed E-state index contributed by atoms with van der Waals surface area (Å²) in [7, 11) is 3.33. The molecule has 0 aliphatic carbocycles. The average Bonchev–Trinajstić information content (AvgIpc) is 3.02. The van der Waals surface area contributed by atoms with Crippen molar-refractivity contribution in [2.75, 3.05) is 30.4 Å². The zero-order chi connectivity index (χ0) is 18.0. The van der Waals surface area contributed by atoms with Crippen LogP contribution in [0.2, 0.25) is 5.02 Å². The van der Waals surface area contributed by atoms with Crippen molar-refractivity contribution in [2.45, 2.75) is 12.5 Å². The smallest absolute Gasteiger partial charge is 0.271 e. The monoisotopic (exact) mass is 359 g/mol. The van der Waals surface area contributed by atoms with Crippen molar-refractivity contribution in [2.24, 2.45) is 0 Å². The maximum atomic E-state index is 12.8. The fourth-order valence-electron chi connectivity index (χ4n) is 2.86. The van der Waals surface area contributed by atoms with Gasteiger partial charge >= 0.3 is 0 Å². The number of aromatic nitrogens is 2. The number of carbonyl (C=O) groups is 2. The highest BCUT2D eigenvalue weighted by Gasteiger charge is 2.36. The maximum absolute atomic E-state index is 12.8. The van der Waals surface area contributed by atoms with Crippen LogP contribution in [-0.4, -0.2) is 48.7 Å². The zero-order valence-corrected chi connectivity index (χ0v) is 14.7. The first-order valence-electron chi connectivity index (χ1n) is 7.87. The second-order valence-corrected chi connectivity index (χ2v) is 6.12. The normalized spacial score (nSPS) is 16.8. The van der Waals surface area contributed by atoms with Crippen LogP contribution < -0.4 is 15.1 Å². The Morgan fingerprint density at radius 2 is 2.04 bits per heavy atom. The Morgan fingerprint density at radius 1 is 1.28 bits per heavy atom. The molecule has 7 nitrogen and oxygen atoms in total. The van der Waals surface area contributed by atoms with E-state index < -0.39 is 0 Å². The highest BCUT2D eigenvalue weighted by Crippen LogP contribution is 2.31. The van der Waals surface area contributed by atoms with Gasteiger partial charge in [-0.2, -0.15) is 0 Å². The van der Waals surface area contributed by atoms with E-state index in [9.17, 15) is 9.59 Å². The lowest BCUT2D eigenvalue weighted by atomic mass is 10.2. The molecule has 1 unspecified atom stereocenters. The third-order valence-electron chi connectivity index (χ3n) is 4.26. The van der Waals surface area contributed by atoms with Crippen molar-refractivity contribution in [1.29, 1.82) is 0 Å². The summed E-state index contributed by atoms with van der Waals surface area (Å²) in [4.78, 5) is 27.8. The number of rotatable bonds is 4. The Kier molecular flexibility index (Phi) is 4.85. The van der Waals surface area contributed by atoms with E-state index in [1.807, 2.05) is 18.2 Å². The molecule has 1 aliphatic heterocycles. The molecule has 0 radical (unpaired) electrons. The highest BCUT2D eigenvalue weighted by molar-refractivity contribution is 6.34. The van der Waals surface area contributed by atoms with Crippen LogP contribution in [0.25, 0.3) is 0 Å². The summed E-state index contributed by atoms with van der Waals surface area (Å²) in [6.07, 6.45) is 0.652. The van der Waals surface area contributed by atoms with Gasteiger partial charge in [0.1, 0.15) is 6.04 Å². The topological polar surface area (TPSA) is 78.4 Å². The summed E-state index contributed by atoms with van der Waals surface area (Å²) in [5.74, 6) is 0.198. The number of amides is 2. The van der Waals surface area contributed by atoms with E-state index in [1.54, 1.807) is 35.0 Å². The van der Waals surface area contributed by atoms with E-state index in [4.69, 9.17) is 11.6 Å². The van der Waals surface area contributed by atoms with Crippen molar-refractivity contribution < 1.29 is 9.59 Å². The number of likely N-dealkylation sites (N-methyl/N-ethyl adjacent to an activating group) is 1. The van der Waals surface area contributed by atoms with Gasteiger partial charge in [0, 0.05) is 20.6 Å². The van der Waals surface area contributed by atoms with Gasteiger partial charge in [0.25, 0.3) is 5.91 Å². The largest absolute Gasteiger partial charge is 0.354 e. The van der Waals surface area contributed by atoms with Crippen LogP contribution in [0.4, 0.5) is 11.5 Å². The molecule has 1 atom stereocenters. The van der Waals surface area contributed by atoms with E-state index >= 15 is 0 Å². The van der Waals surface area contributed by atoms with E-state index in [2.05, 4.69) is 15.5 Å². The van der Waals surface area contributed by atoms with Gasteiger partial charge in [-0.1, -0.05) is 23.7 Å². The standard InChI is InChI=1S/C17H18ClN5O2/c1-19-16(24)12-7-8-15(21-20-12)22(2)14-9-10-23(17(14)25)13-6-4-3-5-11(13)18/h3-8,14H,9-10H2,1-2H3,(H,19,24). The van der Waals surface area contributed by atoms with E-state index in [0.29, 0.717) is 29.5 Å². The van der Waals surface area contributed by atoms with Crippen molar-refractivity contribution >= 4 is 34.9 Å². The number of carbonyl (C=O) groups excluding carboxylic acids is 2. The lowest BCUT2D eigenvalue weighted by Crippen LogP contribution is -2.40. The molecule has 1 aromatic heterocycles. The quantitative estimate of drug-likeness (QED) is 0.899. The summed E-state index contributed by atoms with van der Waals surface area (Å²) >= 11 is 6.21. The highest BCUT2D eigenvalue weighted by atomic mass is 35.5. The Morgan fingerprint density at radius 3 is 2.68 bits per heavy atom. The number of nitrogens with zero attached hydrogens (tertiary/aromatic N) is 4.